The van der Waals surface area contributed by atoms with Crippen LogP contribution in [0.1, 0.15) is 55.4 Å². The van der Waals surface area contributed by atoms with Crippen molar-refractivity contribution in [3.05, 3.63) is 36.7 Å². The Bertz CT molecular complexity index is 990. The van der Waals surface area contributed by atoms with Crippen LogP contribution in [0, 0.1) is 5.92 Å². The minimum Gasteiger partial charge on any atom is -0.348 e. The SMILES string of the molecule is O=C(NC1CCC(CCCC(F)(F)F)CC1)c1nc(-n2ccnc2)cc2cn[nH]c12. The van der Waals surface area contributed by atoms with Crippen LogP contribution in [-0.4, -0.2) is 42.9 Å². The first-order chi connectivity index (χ1) is 14.4. The molecular formula is C20H23F3N6O. The molecule has 3 aromatic rings. The summed E-state index contributed by atoms with van der Waals surface area (Å²) in [5.41, 5.74) is 0.832. The van der Waals surface area contributed by atoms with Crippen LogP contribution in [-0.2, 0) is 0 Å². The first kappa shape index (κ1) is 20.4. The molecule has 0 saturated heterocycles. The van der Waals surface area contributed by atoms with E-state index in [0.29, 0.717) is 23.7 Å². The van der Waals surface area contributed by atoms with Crippen molar-refractivity contribution in [3.8, 4) is 5.82 Å². The maximum atomic E-state index is 12.9. The van der Waals surface area contributed by atoms with Crippen molar-refractivity contribution in [2.45, 2.75) is 57.2 Å². The molecule has 0 spiro atoms. The summed E-state index contributed by atoms with van der Waals surface area (Å²) >= 11 is 0. The quantitative estimate of drug-likeness (QED) is 0.627. The number of hydrogen-bond acceptors (Lipinski definition) is 4. The average Bonchev–Trinajstić information content (AvgIpc) is 3.39. The molecule has 3 aromatic heterocycles. The number of H-pyrrole nitrogens is 1. The van der Waals surface area contributed by atoms with E-state index in [-0.39, 0.29) is 24.1 Å². The fraction of sp³-hybridized carbons (Fsp3) is 0.500. The summed E-state index contributed by atoms with van der Waals surface area (Å²) in [5, 5.41) is 10.7. The Hall–Kier alpha value is -2.91. The molecule has 10 heteroatoms. The van der Waals surface area contributed by atoms with E-state index in [0.717, 1.165) is 31.1 Å². The van der Waals surface area contributed by atoms with Crippen molar-refractivity contribution >= 4 is 16.8 Å². The molecule has 2 N–H and O–H groups in total. The summed E-state index contributed by atoms with van der Waals surface area (Å²) in [5.74, 6) is 0.578. The highest BCUT2D eigenvalue weighted by molar-refractivity contribution is 6.04. The van der Waals surface area contributed by atoms with E-state index in [1.54, 1.807) is 29.5 Å². The minimum absolute atomic E-state index is 0.00645. The number of imidazole rings is 1. The number of nitrogens with zero attached hydrogens (tertiary/aromatic N) is 4. The number of amides is 1. The molecule has 0 aliphatic heterocycles. The van der Waals surface area contributed by atoms with Crippen molar-refractivity contribution < 1.29 is 18.0 Å². The van der Waals surface area contributed by atoms with Gasteiger partial charge in [0.05, 0.1) is 11.7 Å². The molecule has 0 unspecified atom stereocenters. The lowest BCUT2D eigenvalue weighted by atomic mass is 9.83. The molecule has 0 atom stereocenters. The second kappa shape index (κ2) is 8.45. The summed E-state index contributed by atoms with van der Waals surface area (Å²) in [6.07, 6.45) is 5.75. The standard InChI is InChI=1S/C20H23F3N6O/c21-20(22,23)7-1-2-13-3-5-15(6-4-13)26-19(30)18-17-14(11-25-28-17)10-16(27-18)29-9-8-24-12-29/h8-13,15H,1-7H2,(H,25,28)(H,26,30). The number of hydrogen-bond donors (Lipinski definition) is 2. The fourth-order valence-corrected chi connectivity index (χ4v) is 4.07. The van der Waals surface area contributed by atoms with Crippen LogP contribution < -0.4 is 5.32 Å². The lowest BCUT2D eigenvalue weighted by Gasteiger charge is -2.29. The van der Waals surface area contributed by atoms with E-state index < -0.39 is 12.6 Å². The third kappa shape index (κ3) is 4.80. The zero-order chi connectivity index (χ0) is 21.1. The smallest absolute Gasteiger partial charge is 0.348 e. The Morgan fingerprint density at radius 1 is 1.27 bits per heavy atom. The van der Waals surface area contributed by atoms with Crippen LogP contribution in [0.25, 0.3) is 16.7 Å². The van der Waals surface area contributed by atoms with Gasteiger partial charge in [0.1, 0.15) is 12.1 Å². The van der Waals surface area contributed by atoms with E-state index >= 15 is 0 Å². The number of alkyl halides is 3. The van der Waals surface area contributed by atoms with E-state index in [1.165, 1.54) is 0 Å². The van der Waals surface area contributed by atoms with Crippen molar-refractivity contribution in [1.82, 2.24) is 30.0 Å². The molecule has 0 aromatic carbocycles. The molecular weight excluding hydrogens is 397 g/mol. The van der Waals surface area contributed by atoms with Crippen molar-refractivity contribution in [1.29, 1.82) is 0 Å². The molecule has 4 rings (SSSR count). The van der Waals surface area contributed by atoms with Gasteiger partial charge in [-0.2, -0.15) is 18.3 Å². The molecule has 160 valence electrons. The van der Waals surface area contributed by atoms with Gasteiger partial charge in [0.2, 0.25) is 0 Å². The zero-order valence-corrected chi connectivity index (χ0v) is 16.3. The van der Waals surface area contributed by atoms with Gasteiger partial charge in [-0.15, -0.1) is 0 Å². The van der Waals surface area contributed by atoms with Crippen LogP contribution in [0.3, 0.4) is 0 Å². The first-order valence-electron chi connectivity index (χ1n) is 10.1. The molecule has 30 heavy (non-hydrogen) atoms. The first-order valence-corrected chi connectivity index (χ1v) is 10.1. The Morgan fingerprint density at radius 3 is 2.77 bits per heavy atom. The molecule has 0 bridgehead atoms. The van der Waals surface area contributed by atoms with Crippen LogP contribution in [0.5, 0.6) is 0 Å². The third-order valence-electron chi connectivity index (χ3n) is 5.66. The van der Waals surface area contributed by atoms with E-state index in [9.17, 15) is 18.0 Å². The Kier molecular flexibility index (Phi) is 5.74. The average molecular weight is 420 g/mol. The summed E-state index contributed by atoms with van der Waals surface area (Å²) in [4.78, 5) is 21.4. The highest BCUT2D eigenvalue weighted by atomic mass is 19.4. The Morgan fingerprint density at radius 2 is 2.07 bits per heavy atom. The second-order valence-electron chi connectivity index (χ2n) is 7.83. The molecule has 0 radical (unpaired) electrons. The molecule has 7 nitrogen and oxygen atoms in total. The monoisotopic (exact) mass is 420 g/mol. The largest absolute Gasteiger partial charge is 0.389 e. The number of carbonyl (C=O) groups excluding carboxylic acids is 1. The number of aromatic amines is 1. The van der Waals surface area contributed by atoms with Crippen LogP contribution in [0.4, 0.5) is 13.2 Å². The fourth-order valence-electron chi connectivity index (χ4n) is 4.07. The van der Waals surface area contributed by atoms with Crippen LogP contribution >= 0.6 is 0 Å². The predicted octanol–water partition coefficient (Wildman–Crippen LogP) is 4.16. The number of halogens is 3. The van der Waals surface area contributed by atoms with Gasteiger partial charge in [0.15, 0.2) is 5.69 Å². The zero-order valence-electron chi connectivity index (χ0n) is 16.3. The van der Waals surface area contributed by atoms with Gasteiger partial charge in [-0.3, -0.25) is 14.5 Å². The van der Waals surface area contributed by atoms with Crippen LogP contribution in [0.2, 0.25) is 0 Å². The van der Waals surface area contributed by atoms with Crippen LogP contribution in [0.15, 0.2) is 31.0 Å². The normalized spacial score (nSPS) is 19.8. The number of fused-ring (bicyclic) bond motifs is 1. The second-order valence-corrected chi connectivity index (χ2v) is 7.83. The molecule has 1 amide bonds. The summed E-state index contributed by atoms with van der Waals surface area (Å²) in [7, 11) is 0. The van der Waals surface area contributed by atoms with Crippen molar-refractivity contribution in [3.63, 3.8) is 0 Å². The van der Waals surface area contributed by atoms with Gasteiger partial charge in [-0.25, -0.2) is 9.97 Å². The summed E-state index contributed by atoms with van der Waals surface area (Å²) in [6.45, 7) is 0. The number of carbonyl (C=O) groups is 1. The van der Waals surface area contributed by atoms with Crippen molar-refractivity contribution in [2.24, 2.45) is 5.92 Å². The maximum Gasteiger partial charge on any atom is 0.389 e. The minimum atomic E-state index is -4.08. The van der Waals surface area contributed by atoms with E-state index in [1.807, 2.05) is 6.07 Å². The highest BCUT2D eigenvalue weighted by Gasteiger charge is 2.28. The van der Waals surface area contributed by atoms with Gasteiger partial charge in [-0.1, -0.05) is 6.42 Å². The molecule has 3 heterocycles. The summed E-state index contributed by atoms with van der Waals surface area (Å²) < 4.78 is 38.7. The Labute approximate surface area is 171 Å². The van der Waals surface area contributed by atoms with Gasteiger partial charge >= 0.3 is 6.18 Å². The number of rotatable bonds is 6. The maximum absolute atomic E-state index is 12.9. The predicted molar refractivity (Wildman–Crippen MR) is 104 cm³/mol. The molecule has 1 aliphatic carbocycles. The van der Waals surface area contributed by atoms with Gasteiger partial charge in [0, 0.05) is 30.2 Å². The number of aromatic nitrogens is 5. The Balaban J connectivity index is 1.38. The van der Waals surface area contributed by atoms with Gasteiger partial charge in [0.25, 0.3) is 5.91 Å². The molecule has 1 fully saturated rings. The lowest BCUT2D eigenvalue weighted by molar-refractivity contribution is -0.136. The number of nitrogens with one attached hydrogen (secondary N) is 2. The topological polar surface area (TPSA) is 88.5 Å². The van der Waals surface area contributed by atoms with E-state index in [2.05, 4.69) is 25.5 Å². The number of pyridine rings is 1. The molecule has 1 saturated carbocycles. The lowest BCUT2D eigenvalue weighted by Crippen LogP contribution is -2.38. The summed E-state index contributed by atoms with van der Waals surface area (Å²) in [6, 6.07) is 1.82. The van der Waals surface area contributed by atoms with Gasteiger partial charge in [-0.05, 0) is 44.1 Å². The third-order valence-corrected chi connectivity index (χ3v) is 5.66. The highest BCUT2D eigenvalue weighted by Crippen LogP contribution is 2.31. The molecule has 1 aliphatic rings. The van der Waals surface area contributed by atoms with E-state index in [4.69, 9.17) is 0 Å². The van der Waals surface area contributed by atoms with Gasteiger partial charge < -0.3 is 5.32 Å². The van der Waals surface area contributed by atoms with Crippen molar-refractivity contribution in [2.75, 3.05) is 0 Å².